The highest BCUT2D eigenvalue weighted by Crippen LogP contribution is 2.27. The number of terminal acetylenes is 1. The molecule has 0 aromatic carbocycles. The zero-order valence-electron chi connectivity index (χ0n) is 58.7. The van der Waals surface area contributed by atoms with Gasteiger partial charge in [-0.2, -0.15) is 10.5 Å². The average Bonchev–Trinajstić information content (AvgIpc) is 1.65. The van der Waals surface area contributed by atoms with E-state index in [9.17, 15) is 4.79 Å². The van der Waals surface area contributed by atoms with Crippen LogP contribution in [0.4, 0.5) is 16.2 Å². The molecule has 0 aliphatic rings. The van der Waals surface area contributed by atoms with Gasteiger partial charge in [-0.05, 0) is 99.3 Å². The maximum Gasteiger partial charge on any atom is 0.419 e. The zero-order valence-corrected chi connectivity index (χ0v) is 69.7. The quantitative estimate of drug-likeness (QED) is 0.0297. The Morgan fingerprint density at radius 3 is 1.49 bits per heavy atom. The van der Waals surface area contributed by atoms with Crippen LogP contribution < -0.4 is 35.4 Å². The Balaban J connectivity index is 0.000000251. The molecule has 0 aliphatic carbocycles. The molecule has 20 nitrogen and oxygen atoms in total. The van der Waals surface area contributed by atoms with Crippen LogP contribution in [0.15, 0.2) is 127 Å². The number of pyridine rings is 7. The number of rotatable bonds is 6. The second-order valence-electron chi connectivity index (χ2n) is 26.6. The van der Waals surface area contributed by atoms with Crippen molar-refractivity contribution < 1.29 is 38.0 Å². The number of nitriles is 2. The highest BCUT2D eigenvalue weighted by Gasteiger charge is 2.22. The van der Waals surface area contributed by atoms with E-state index in [1.165, 1.54) is 28.1 Å². The Bertz CT molecular complexity index is 4980. The number of hydrogen-bond donors (Lipinski definition) is 6. The number of ether oxygens (including phenoxy) is 1. The standard InChI is InChI=1S/C14H14ClN3O2.C11H15ClN3.C10H12ClN3.C10H13ClN2Si.C9H6ClN3.C7H5ClN2.C5H4BrClN2.C5H10Si.HI/c1-14(2,3)20-13(19)18-8-9(4-5-16)12-11(18)6-10(15)7-17-12;1-15(2,3)7-8-5-13-10-4-9(12)6-14-11(8)10;1-14(2)6-7-4-12-9-3-8(11)5-13-10(7)9;1-14(2,3)5-4-10-9(12)6-8(11)7-13-10;10-7-3-8-9(13-5-7)6(1-2-11)4-12-8;8-5-3-7-6(10-4-5)1-2-9-7;6-5-4(8)1-3(7)2-9-5;1-5-6(2,3)4;/h6-8H,4H2,1-3H3;4-6,13H,7H2,1-3H3;3-5,12H,6H2,1-2H3;6-7H,12H2,1-3H3;3-5,12H,1H2;1-4,9H;1-2H,8H2;1H,2-4H3;1H/q;+1;;;;;;;/p-1. The van der Waals surface area contributed by atoms with Crippen molar-refractivity contribution in [1.82, 2.24) is 64.3 Å². The van der Waals surface area contributed by atoms with Crippen LogP contribution in [-0.2, 0) is 30.7 Å². The van der Waals surface area contributed by atoms with E-state index in [1.54, 1.807) is 88.4 Å². The molecule has 0 aliphatic heterocycles. The van der Waals surface area contributed by atoms with Crippen LogP contribution in [0.2, 0.25) is 74.4 Å². The molecule has 0 saturated heterocycles. The molecule has 0 unspecified atom stereocenters. The third-order valence-corrected chi connectivity index (χ3v) is 16.5. The number of carbonyl (C=O) groups is 1. The van der Waals surface area contributed by atoms with Gasteiger partial charge in [0.2, 0.25) is 0 Å². The lowest BCUT2D eigenvalue weighted by Gasteiger charge is -2.23. The topological polar surface area (TPSA) is 287 Å². The van der Waals surface area contributed by atoms with E-state index in [4.69, 9.17) is 114 Å². The molecule has 0 saturated carbocycles. The fourth-order valence-electron chi connectivity index (χ4n) is 8.40. The monoisotopic (exact) mass is 1720 g/mol. The molecular weight excluding hydrogens is 1650 g/mol. The van der Waals surface area contributed by atoms with E-state index in [1.807, 2.05) is 57.0 Å². The lowest BCUT2D eigenvalue weighted by Crippen LogP contribution is -3.00. The first kappa shape index (κ1) is 86.9. The number of nitrogens with one attached hydrogen (secondary N) is 4. The van der Waals surface area contributed by atoms with Crippen molar-refractivity contribution in [2.75, 3.05) is 46.7 Å². The molecule has 0 amide bonds. The number of nitrogen functional groups attached to an aromatic ring is 2. The molecule has 8 N–H and O–H groups in total. The molecule has 31 heteroatoms. The number of aromatic amines is 4. The Kier molecular flexibility index (Phi) is 34.1. The van der Waals surface area contributed by atoms with Crippen LogP contribution in [-0.4, -0.2) is 132 Å². The van der Waals surface area contributed by atoms with Gasteiger partial charge in [0.05, 0.1) is 153 Å². The third kappa shape index (κ3) is 29.7. The normalized spacial score (nSPS) is 10.8. The highest BCUT2D eigenvalue weighted by molar-refractivity contribution is 9.10. The number of aromatic nitrogens is 12. The fraction of sp³-hybridized carbons (Fsp3) is 0.268. The van der Waals surface area contributed by atoms with Crippen molar-refractivity contribution in [2.24, 2.45) is 0 Å². The summed E-state index contributed by atoms with van der Waals surface area (Å²) >= 11 is 43.5. The summed E-state index contributed by atoms with van der Waals surface area (Å²) in [4.78, 5) is 55.7. The number of nitrogens with zero attached hydrogens (tertiary/aromatic N) is 12. The number of carbonyl (C=O) groups excluding carboxylic acids is 1. The highest BCUT2D eigenvalue weighted by atomic mass is 127. The SMILES string of the molecule is C#C[Si](C)(C)C.CC(C)(C)OC(=O)n1cc(CC#N)c2ncc(Cl)cc21.CN(C)Cc1c[nH]c2cc(Cl)cnc12.C[N+](C)(C)Cc1c[nH]c2cc(Cl)cnc12.C[Si](C)(C)C#Cc1ncc(Cl)cc1N.Clc1cnc2cc[nH]c2c1.N#CCc1c[nH]c2cc(Cl)cnc12.Nc1cc(Cl)cnc1Br.[I-]. The van der Waals surface area contributed by atoms with Gasteiger partial charge in [0.25, 0.3) is 0 Å². The van der Waals surface area contributed by atoms with Crippen molar-refractivity contribution in [3.05, 3.63) is 191 Å². The van der Waals surface area contributed by atoms with Crippen LogP contribution in [0.5, 0.6) is 0 Å². The summed E-state index contributed by atoms with van der Waals surface area (Å²) < 4.78 is 8.19. The van der Waals surface area contributed by atoms with Gasteiger partial charge in [-0.15, -0.1) is 17.5 Å². The Morgan fingerprint density at radius 1 is 0.608 bits per heavy atom. The van der Waals surface area contributed by atoms with Crippen molar-refractivity contribution in [3.63, 3.8) is 0 Å². The smallest absolute Gasteiger partial charge is 0.419 e. The van der Waals surface area contributed by atoms with Gasteiger partial charge in [-0.1, -0.05) is 126 Å². The maximum atomic E-state index is 12.2. The summed E-state index contributed by atoms with van der Waals surface area (Å²) in [7, 11) is 8.09. The minimum Gasteiger partial charge on any atom is -1.00 e. The summed E-state index contributed by atoms with van der Waals surface area (Å²) in [6.07, 6.45) is 25.5. The summed E-state index contributed by atoms with van der Waals surface area (Å²) in [5.74, 6) is 3.00. The van der Waals surface area contributed by atoms with Gasteiger partial charge in [0.1, 0.15) is 38.6 Å². The number of nitrogens with two attached hydrogens (primary N) is 2. The van der Waals surface area contributed by atoms with Gasteiger partial charge in [-0.25, -0.2) is 14.8 Å². The van der Waals surface area contributed by atoms with Gasteiger partial charge >= 0.3 is 6.09 Å². The first-order valence-corrected chi connectivity index (χ1v) is 41.2. The minimum atomic E-state index is -1.37. The van der Waals surface area contributed by atoms with E-state index < -0.39 is 27.8 Å². The Morgan fingerprint density at radius 2 is 1.03 bits per heavy atom. The Labute approximate surface area is 657 Å². The minimum absolute atomic E-state index is 0. The first-order valence-electron chi connectivity index (χ1n) is 30.7. The van der Waals surface area contributed by atoms with E-state index >= 15 is 0 Å². The van der Waals surface area contributed by atoms with Crippen LogP contribution in [0, 0.1) is 46.1 Å². The predicted octanol–water partition coefficient (Wildman–Crippen LogP) is 15.9. The van der Waals surface area contributed by atoms with Crippen molar-refractivity contribution in [3.8, 4) is 35.6 Å². The fourth-order valence-corrected chi connectivity index (χ4v) is 10.2. The molecule has 12 rings (SSSR count). The summed E-state index contributed by atoms with van der Waals surface area (Å²) in [6, 6.07) is 18.4. The molecule has 536 valence electrons. The second kappa shape index (κ2) is 40.0. The maximum absolute atomic E-state index is 12.2. The lowest BCUT2D eigenvalue weighted by molar-refractivity contribution is -0.883. The molecule has 0 radical (unpaired) electrons. The summed E-state index contributed by atoms with van der Waals surface area (Å²) in [5.41, 5.74) is 31.0. The van der Waals surface area contributed by atoms with Gasteiger partial charge in [-0.3, -0.25) is 29.5 Å². The van der Waals surface area contributed by atoms with Crippen LogP contribution in [0.1, 0.15) is 48.7 Å². The van der Waals surface area contributed by atoms with Crippen LogP contribution in [0.3, 0.4) is 0 Å². The van der Waals surface area contributed by atoms with Crippen molar-refractivity contribution in [2.45, 2.75) is 91.6 Å². The van der Waals surface area contributed by atoms with E-state index in [0.29, 0.717) is 79.8 Å². The zero-order chi connectivity index (χ0) is 75.2. The summed E-state index contributed by atoms with van der Waals surface area (Å²) in [5, 5.41) is 21.5. The molecule has 12 aromatic rings. The van der Waals surface area contributed by atoms with E-state index in [-0.39, 0.29) is 30.4 Å². The van der Waals surface area contributed by atoms with E-state index in [0.717, 1.165) is 67.3 Å². The number of quaternary nitrogens is 1. The van der Waals surface area contributed by atoms with Crippen LogP contribution in [0.25, 0.3) is 55.2 Å². The molecule has 0 spiro atoms. The number of anilines is 2. The third-order valence-electron chi connectivity index (χ3n) is 12.7. The molecule has 12 heterocycles. The van der Waals surface area contributed by atoms with Crippen molar-refractivity contribution >= 4 is 186 Å². The molecule has 0 atom stereocenters. The van der Waals surface area contributed by atoms with E-state index in [2.05, 4.69) is 165 Å². The number of H-pyrrole nitrogens is 4. The molecular formula is C71H79BrCl7IN18O2Si2. The van der Waals surface area contributed by atoms with Crippen molar-refractivity contribution in [1.29, 1.82) is 10.5 Å². The molecule has 0 fully saturated rings. The first-order chi connectivity index (χ1) is 47.2. The summed E-state index contributed by atoms with van der Waals surface area (Å²) in [6.45, 7) is 20.2. The number of fused-ring (bicyclic) bond motifs is 5. The second-order valence-corrected chi connectivity index (χ2v) is 39.9. The number of halogens is 9. The number of hydrogen-bond acceptors (Lipinski definition) is 14. The lowest BCUT2D eigenvalue weighted by atomic mass is 10.2. The average molecular weight is 1730 g/mol. The van der Waals surface area contributed by atoms with Gasteiger partial charge in [0.15, 0.2) is 0 Å². The molecule has 0 bridgehead atoms. The van der Waals surface area contributed by atoms with Crippen LogP contribution >= 0.6 is 97.1 Å². The van der Waals surface area contributed by atoms with Gasteiger partial charge < -0.3 is 69.5 Å². The van der Waals surface area contributed by atoms with Gasteiger partial charge in [0, 0.05) is 97.6 Å². The largest absolute Gasteiger partial charge is 1.00 e. The molecule has 12 aromatic heterocycles. The predicted molar refractivity (Wildman–Crippen MR) is 426 cm³/mol. The Hall–Kier alpha value is -7.49. The molecule has 102 heavy (non-hydrogen) atoms.